The molecule has 2 heterocycles. The van der Waals surface area contributed by atoms with Crippen LogP contribution in [-0.2, 0) is 0 Å². The Morgan fingerprint density at radius 2 is 1.94 bits per heavy atom. The van der Waals surface area contributed by atoms with Crippen LogP contribution in [0.4, 0.5) is 0 Å². The highest BCUT2D eigenvalue weighted by molar-refractivity contribution is 9.10. The molecule has 0 saturated carbocycles. The molecule has 2 aliphatic heterocycles. The molecule has 7 nitrogen and oxygen atoms in total. The van der Waals surface area contributed by atoms with Gasteiger partial charge in [0.1, 0.15) is 11.3 Å². The highest BCUT2D eigenvalue weighted by Gasteiger charge is 2.43. The average Bonchev–Trinajstić information content (AvgIpc) is 3.28. The van der Waals surface area contributed by atoms with E-state index in [0.717, 1.165) is 21.3 Å². The number of halogens is 2. The fraction of sp³-hybridized carbons (Fsp3) is 0.200. The van der Waals surface area contributed by atoms with Crippen molar-refractivity contribution in [2.75, 3.05) is 14.2 Å². The van der Waals surface area contributed by atoms with Crippen LogP contribution in [0.1, 0.15) is 45.7 Å². The molecule has 0 fully saturated rings. The molecule has 0 aromatic heterocycles. The molecule has 0 radical (unpaired) electrons. The monoisotopic (exact) mass is 542 g/mol. The second kappa shape index (κ2) is 8.85. The molecule has 9 heteroatoms. The van der Waals surface area contributed by atoms with Gasteiger partial charge in [-0.15, -0.1) is 0 Å². The molecular weight excluding hydrogens is 524 g/mol. The highest BCUT2D eigenvalue weighted by Crippen LogP contribution is 2.50. The average molecular weight is 544 g/mol. The lowest BCUT2D eigenvalue weighted by Crippen LogP contribution is -2.34. The summed E-state index contributed by atoms with van der Waals surface area (Å²) in [7, 11) is 2.87. The first-order valence-corrected chi connectivity index (χ1v) is 11.6. The van der Waals surface area contributed by atoms with E-state index in [1.165, 1.54) is 14.2 Å². The number of rotatable bonds is 5. The molecule has 3 aromatic rings. The van der Waals surface area contributed by atoms with Crippen LogP contribution >= 0.6 is 27.5 Å². The van der Waals surface area contributed by atoms with Crippen LogP contribution < -0.4 is 14.2 Å². The lowest BCUT2D eigenvalue weighted by Gasteiger charge is -2.38. The molecule has 5 rings (SSSR count). The first-order valence-electron chi connectivity index (χ1n) is 10.5. The van der Waals surface area contributed by atoms with Crippen LogP contribution in [-0.4, -0.2) is 36.0 Å². The van der Waals surface area contributed by atoms with E-state index in [0.29, 0.717) is 28.5 Å². The molecule has 34 heavy (non-hydrogen) atoms. The number of carboxylic acids is 1. The Morgan fingerprint density at radius 3 is 2.65 bits per heavy atom. The fourth-order valence-electron chi connectivity index (χ4n) is 4.49. The Labute approximate surface area is 209 Å². The molecular formula is C25H20BrClN2O5. The number of ether oxygens (including phenoxy) is 3. The SMILES string of the molecule is COc1ccc([C@H]2Oc3ccc(Br)cc3[C@@H]3CC(c4ccccc4Cl)=NN23)c(C(=O)O)c1OC. The van der Waals surface area contributed by atoms with E-state index in [-0.39, 0.29) is 17.4 Å². The topological polar surface area (TPSA) is 80.6 Å². The van der Waals surface area contributed by atoms with Crippen molar-refractivity contribution < 1.29 is 24.1 Å². The summed E-state index contributed by atoms with van der Waals surface area (Å²) in [5.41, 5.74) is 2.96. The van der Waals surface area contributed by atoms with Gasteiger partial charge in [-0.1, -0.05) is 45.7 Å². The van der Waals surface area contributed by atoms with Gasteiger partial charge in [-0.05, 0) is 36.4 Å². The normalized spacial score (nSPS) is 18.5. The summed E-state index contributed by atoms with van der Waals surface area (Å²) in [5, 5.41) is 17.4. The van der Waals surface area contributed by atoms with Gasteiger partial charge in [-0.3, -0.25) is 0 Å². The van der Waals surface area contributed by atoms with E-state index in [1.807, 2.05) is 42.5 Å². The van der Waals surface area contributed by atoms with Gasteiger partial charge < -0.3 is 19.3 Å². The number of hydrogen-bond acceptors (Lipinski definition) is 6. The Kier molecular flexibility index (Phi) is 5.87. The summed E-state index contributed by atoms with van der Waals surface area (Å²) in [6, 6.07) is 16.5. The Morgan fingerprint density at radius 1 is 1.15 bits per heavy atom. The molecule has 0 spiro atoms. The number of carboxylic acid groups (broad SMARTS) is 1. The number of aromatic carboxylic acids is 1. The maximum atomic E-state index is 12.4. The number of benzene rings is 3. The number of fused-ring (bicyclic) bond motifs is 3. The van der Waals surface area contributed by atoms with E-state index >= 15 is 0 Å². The number of nitrogens with zero attached hydrogens (tertiary/aromatic N) is 2. The van der Waals surface area contributed by atoms with Gasteiger partial charge in [-0.2, -0.15) is 5.10 Å². The molecule has 0 saturated heterocycles. The van der Waals surface area contributed by atoms with Gasteiger partial charge in [0.2, 0.25) is 6.23 Å². The van der Waals surface area contributed by atoms with Crippen LogP contribution in [0.15, 0.2) is 64.2 Å². The Hall–Kier alpha value is -3.23. The second-order valence-electron chi connectivity index (χ2n) is 7.85. The third-order valence-corrected chi connectivity index (χ3v) is 6.82. The predicted octanol–water partition coefficient (Wildman–Crippen LogP) is 6.06. The standard InChI is InChI=1S/C25H20BrClN2O5/c1-32-21-10-8-15(22(25(30)31)23(21)33-2)24-29-19(16-11-13(26)7-9-20(16)34-24)12-18(28-29)14-5-3-4-6-17(14)27/h3-11,19,24H,12H2,1-2H3,(H,30,31)/t19-,24+/m0/s1. The summed E-state index contributed by atoms with van der Waals surface area (Å²) in [6.45, 7) is 0. The van der Waals surface area contributed by atoms with E-state index in [4.69, 9.17) is 30.9 Å². The van der Waals surface area contributed by atoms with E-state index in [9.17, 15) is 9.90 Å². The van der Waals surface area contributed by atoms with Crippen LogP contribution in [0, 0.1) is 0 Å². The van der Waals surface area contributed by atoms with Crippen molar-refractivity contribution in [1.82, 2.24) is 5.01 Å². The van der Waals surface area contributed by atoms with Crippen molar-refractivity contribution in [3.05, 3.63) is 86.3 Å². The number of hydrogen-bond donors (Lipinski definition) is 1. The number of hydrazone groups is 1. The maximum Gasteiger partial charge on any atom is 0.340 e. The summed E-state index contributed by atoms with van der Waals surface area (Å²) in [6.07, 6.45) is -0.215. The van der Waals surface area contributed by atoms with Crippen molar-refractivity contribution in [2.45, 2.75) is 18.7 Å². The van der Waals surface area contributed by atoms with Gasteiger partial charge >= 0.3 is 5.97 Å². The molecule has 0 amide bonds. The third kappa shape index (κ3) is 3.67. The van der Waals surface area contributed by atoms with Crippen LogP contribution in [0.25, 0.3) is 0 Å². The van der Waals surface area contributed by atoms with Crippen molar-refractivity contribution >= 4 is 39.2 Å². The van der Waals surface area contributed by atoms with Crippen molar-refractivity contribution in [3.8, 4) is 17.2 Å². The third-order valence-electron chi connectivity index (χ3n) is 5.99. The molecule has 3 aromatic carbocycles. The summed E-state index contributed by atoms with van der Waals surface area (Å²) >= 11 is 10.0. The van der Waals surface area contributed by atoms with Crippen molar-refractivity contribution in [1.29, 1.82) is 0 Å². The Bertz CT molecular complexity index is 1330. The molecule has 0 unspecified atom stereocenters. The van der Waals surface area contributed by atoms with Crippen molar-refractivity contribution in [2.24, 2.45) is 5.10 Å². The molecule has 2 aliphatic rings. The minimum absolute atomic E-state index is 0.0347. The highest BCUT2D eigenvalue weighted by atomic mass is 79.9. The zero-order chi connectivity index (χ0) is 24.0. The van der Waals surface area contributed by atoms with Gasteiger partial charge in [-0.25, -0.2) is 9.80 Å². The Balaban J connectivity index is 1.70. The molecule has 174 valence electrons. The zero-order valence-electron chi connectivity index (χ0n) is 18.3. The lowest BCUT2D eigenvalue weighted by atomic mass is 9.95. The fourth-order valence-corrected chi connectivity index (χ4v) is 5.11. The lowest BCUT2D eigenvalue weighted by molar-refractivity contribution is -0.0199. The quantitative estimate of drug-likeness (QED) is 0.421. The minimum Gasteiger partial charge on any atom is -0.493 e. The summed E-state index contributed by atoms with van der Waals surface area (Å²) in [5.74, 6) is -0.0380. The molecule has 0 bridgehead atoms. The first kappa shape index (κ1) is 22.6. The summed E-state index contributed by atoms with van der Waals surface area (Å²) in [4.78, 5) is 12.4. The van der Waals surface area contributed by atoms with Gasteiger partial charge in [0, 0.05) is 32.6 Å². The molecule has 2 atom stereocenters. The molecule has 0 aliphatic carbocycles. The van der Waals surface area contributed by atoms with E-state index < -0.39 is 12.2 Å². The maximum absolute atomic E-state index is 12.4. The van der Waals surface area contributed by atoms with Gasteiger partial charge in [0.15, 0.2) is 11.5 Å². The van der Waals surface area contributed by atoms with E-state index in [1.54, 1.807) is 17.1 Å². The first-order chi connectivity index (χ1) is 16.4. The van der Waals surface area contributed by atoms with E-state index in [2.05, 4.69) is 15.9 Å². The van der Waals surface area contributed by atoms with Gasteiger partial charge in [0.25, 0.3) is 0 Å². The number of carbonyl (C=O) groups is 1. The predicted molar refractivity (Wildman–Crippen MR) is 131 cm³/mol. The smallest absolute Gasteiger partial charge is 0.340 e. The zero-order valence-corrected chi connectivity index (χ0v) is 20.6. The van der Waals surface area contributed by atoms with Crippen molar-refractivity contribution in [3.63, 3.8) is 0 Å². The molecule has 1 N–H and O–H groups in total. The van der Waals surface area contributed by atoms with Crippen LogP contribution in [0.3, 0.4) is 0 Å². The summed E-state index contributed by atoms with van der Waals surface area (Å²) < 4.78 is 18.0. The van der Waals surface area contributed by atoms with Gasteiger partial charge in [0.05, 0.1) is 26.0 Å². The van der Waals surface area contributed by atoms with Crippen LogP contribution in [0.5, 0.6) is 17.2 Å². The number of methoxy groups -OCH3 is 2. The minimum atomic E-state index is -1.15. The largest absolute Gasteiger partial charge is 0.493 e. The second-order valence-corrected chi connectivity index (χ2v) is 9.17. The van der Waals surface area contributed by atoms with Crippen LogP contribution in [0.2, 0.25) is 5.02 Å².